The summed E-state index contributed by atoms with van der Waals surface area (Å²) >= 11 is 1.09. The number of fused-ring (bicyclic) bond motifs is 1. The second-order valence-corrected chi connectivity index (χ2v) is 13.2. The van der Waals surface area contributed by atoms with E-state index < -0.39 is 22.6 Å². The van der Waals surface area contributed by atoms with Crippen LogP contribution in [0.3, 0.4) is 0 Å². The Balaban J connectivity index is 1.15. The van der Waals surface area contributed by atoms with Crippen molar-refractivity contribution in [3.8, 4) is 0 Å². The summed E-state index contributed by atoms with van der Waals surface area (Å²) in [7, 11) is -3.16. The van der Waals surface area contributed by atoms with Gasteiger partial charge in [-0.15, -0.1) is 11.3 Å². The molecule has 0 radical (unpaired) electrons. The molecule has 1 aliphatic heterocycles. The van der Waals surface area contributed by atoms with Gasteiger partial charge in [-0.2, -0.15) is 13.2 Å². The number of sulfonamides is 1. The Bertz CT molecular complexity index is 1140. The van der Waals surface area contributed by atoms with E-state index in [4.69, 9.17) is 0 Å². The van der Waals surface area contributed by atoms with E-state index in [0.29, 0.717) is 16.9 Å². The Morgan fingerprint density at radius 2 is 1.85 bits per heavy atom. The maximum absolute atomic E-state index is 12.8. The maximum atomic E-state index is 12.8. The molecule has 2 aliphatic carbocycles. The molecule has 0 unspecified atom stereocenters. The zero-order valence-electron chi connectivity index (χ0n) is 19.1. The molecule has 2 saturated carbocycles. The van der Waals surface area contributed by atoms with Gasteiger partial charge in [0.05, 0.1) is 18.1 Å². The van der Waals surface area contributed by atoms with Gasteiger partial charge < -0.3 is 10.2 Å². The Morgan fingerprint density at radius 1 is 1.15 bits per heavy atom. The first kappa shape index (κ1) is 24.2. The maximum Gasteiger partial charge on any atom is 0.393 e. The normalized spacial score (nSPS) is 30.2. The third kappa shape index (κ3) is 5.50. The number of hydrogen-bond acceptors (Lipinski definition) is 7. The number of hydrogen-bond donors (Lipinski definition) is 2. The van der Waals surface area contributed by atoms with Crippen LogP contribution in [-0.4, -0.2) is 62.0 Å². The van der Waals surface area contributed by atoms with E-state index >= 15 is 0 Å². The largest absolute Gasteiger partial charge is 0.393 e. The van der Waals surface area contributed by atoms with Crippen molar-refractivity contribution in [2.45, 2.75) is 75.7 Å². The molecular weight excluding hydrogens is 487 g/mol. The van der Waals surface area contributed by atoms with Crippen molar-refractivity contribution in [1.29, 1.82) is 0 Å². The second kappa shape index (κ2) is 8.86. The first-order valence-corrected chi connectivity index (χ1v) is 14.5. The third-order valence-electron chi connectivity index (χ3n) is 7.41. The molecule has 34 heavy (non-hydrogen) atoms. The van der Waals surface area contributed by atoms with Crippen LogP contribution in [0, 0.1) is 5.41 Å². The molecule has 0 aromatic carbocycles. The zero-order chi connectivity index (χ0) is 24.1. The van der Waals surface area contributed by atoms with Crippen molar-refractivity contribution in [3.63, 3.8) is 0 Å². The lowest BCUT2D eigenvalue weighted by Gasteiger charge is -2.47. The second-order valence-electron chi connectivity index (χ2n) is 10.3. The smallest absolute Gasteiger partial charge is 0.355 e. The number of nitrogens with zero attached hydrogens (tertiary/aromatic N) is 3. The van der Waals surface area contributed by atoms with Gasteiger partial charge in [-0.05, 0) is 56.4 Å². The highest BCUT2D eigenvalue weighted by Crippen LogP contribution is 2.50. The van der Waals surface area contributed by atoms with Crippen LogP contribution in [0.25, 0.3) is 10.2 Å². The molecule has 3 fully saturated rings. The highest BCUT2D eigenvalue weighted by Gasteiger charge is 2.49. The van der Waals surface area contributed by atoms with E-state index in [1.807, 2.05) is 0 Å². The highest BCUT2D eigenvalue weighted by molar-refractivity contribution is 7.88. The molecule has 2 aromatic heterocycles. The number of nitrogens with one attached hydrogen (secondary N) is 2. The number of rotatable bonds is 6. The molecule has 3 heterocycles. The minimum atomic E-state index is -4.23. The van der Waals surface area contributed by atoms with Gasteiger partial charge in [-0.25, -0.2) is 23.1 Å². The molecule has 1 saturated heterocycles. The average Bonchev–Trinajstić information content (AvgIpc) is 3.30. The number of alkyl halides is 3. The van der Waals surface area contributed by atoms with E-state index in [2.05, 4.69) is 24.9 Å². The molecule has 12 heteroatoms. The fourth-order valence-electron chi connectivity index (χ4n) is 6.00. The Labute approximate surface area is 201 Å². The lowest BCUT2D eigenvalue weighted by Crippen LogP contribution is -2.54. The Kier molecular flexibility index (Phi) is 6.31. The van der Waals surface area contributed by atoms with Gasteiger partial charge >= 0.3 is 6.18 Å². The minimum absolute atomic E-state index is 0.0441. The van der Waals surface area contributed by atoms with E-state index in [1.54, 1.807) is 6.07 Å². The Hall–Kier alpha value is -1.50. The molecule has 0 atom stereocenters. The molecular formula is C22H30F3N5O2S2. The average molecular weight is 518 g/mol. The monoisotopic (exact) mass is 517 g/mol. The zero-order valence-corrected chi connectivity index (χ0v) is 20.7. The number of anilines is 1. The van der Waals surface area contributed by atoms with Crippen LogP contribution >= 0.6 is 11.3 Å². The van der Waals surface area contributed by atoms with Crippen molar-refractivity contribution >= 4 is 37.4 Å². The molecule has 1 spiro atoms. The predicted octanol–water partition coefficient (Wildman–Crippen LogP) is 3.61. The summed E-state index contributed by atoms with van der Waals surface area (Å²) < 4.78 is 64.1. The molecule has 3 aliphatic rings. The van der Waals surface area contributed by atoms with Crippen LogP contribution < -0.4 is 14.9 Å². The van der Waals surface area contributed by atoms with Crippen LogP contribution in [-0.2, 0) is 16.4 Å². The van der Waals surface area contributed by atoms with Gasteiger partial charge in [0.25, 0.3) is 0 Å². The summed E-state index contributed by atoms with van der Waals surface area (Å²) in [5.41, 5.74) is 0.231. The molecule has 0 amide bonds. The lowest BCUT2D eigenvalue weighted by atomic mass is 9.64. The molecule has 188 valence electrons. The van der Waals surface area contributed by atoms with Gasteiger partial charge in [-0.3, -0.25) is 0 Å². The number of thiophene rings is 1. The van der Waals surface area contributed by atoms with E-state index in [9.17, 15) is 21.6 Å². The van der Waals surface area contributed by atoms with Gasteiger partial charge in [0.1, 0.15) is 17.0 Å². The van der Waals surface area contributed by atoms with Gasteiger partial charge in [0.2, 0.25) is 10.0 Å². The Morgan fingerprint density at radius 3 is 2.53 bits per heavy atom. The molecule has 2 N–H and O–H groups in total. The molecule has 5 rings (SSSR count). The standard InChI is InChI=1S/C22H30F3N5O2S2/c1-34(31,32)29-15-4-2-14(3-5-15)28-16-9-21(10-16)6-7-30(12-21)19-18-8-17(11-22(23,24)25)33-20(18)27-13-26-19/h8,13-16,28-29H,2-7,9-12H2,1H3. The van der Waals surface area contributed by atoms with E-state index in [0.717, 1.165) is 80.6 Å². The van der Waals surface area contributed by atoms with Crippen LogP contribution in [0.1, 0.15) is 49.8 Å². The summed E-state index contributed by atoms with van der Waals surface area (Å²) in [6.45, 7) is 1.72. The summed E-state index contributed by atoms with van der Waals surface area (Å²) in [6, 6.07) is 2.54. The summed E-state index contributed by atoms with van der Waals surface area (Å²) in [6.07, 6.45) is 4.39. The van der Waals surface area contributed by atoms with Crippen molar-refractivity contribution < 1.29 is 21.6 Å². The lowest BCUT2D eigenvalue weighted by molar-refractivity contribution is -0.126. The quantitative estimate of drug-likeness (QED) is 0.609. The minimum Gasteiger partial charge on any atom is -0.355 e. The van der Waals surface area contributed by atoms with Crippen LogP contribution in [0.15, 0.2) is 12.4 Å². The first-order valence-electron chi connectivity index (χ1n) is 11.8. The van der Waals surface area contributed by atoms with Crippen molar-refractivity contribution in [1.82, 2.24) is 20.0 Å². The first-order chi connectivity index (χ1) is 16.0. The third-order valence-corrected chi connectivity index (χ3v) is 9.21. The van der Waals surface area contributed by atoms with Crippen LogP contribution in [0.5, 0.6) is 0 Å². The SMILES string of the molecule is CS(=O)(=O)NC1CCC(NC2CC3(CCN(c4ncnc5sc(CC(F)(F)F)cc45)C3)C2)CC1. The molecule has 7 nitrogen and oxygen atoms in total. The summed E-state index contributed by atoms with van der Waals surface area (Å²) in [5, 5.41) is 4.49. The van der Waals surface area contributed by atoms with Crippen molar-refractivity contribution in [2.24, 2.45) is 5.41 Å². The van der Waals surface area contributed by atoms with Gasteiger partial charge in [0, 0.05) is 36.1 Å². The van der Waals surface area contributed by atoms with E-state index in [-0.39, 0.29) is 16.3 Å². The summed E-state index contributed by atoms with van der Waals surface area (Å²) in [5.74, 6) is 0.750. The van der Waals surface area contributed by atoms with Crippen LogP contribution in [0.2, 0.25) is 0 Å². The predicted molar refractivity (Wildman–Crippen MR) is 127 cm³/mol. The topological polar surface area (TPSA) is 87.2 Å². The highest BCUT2D eigenvalue weighted by atomic mass is 32.2. The molecule has 0 bridgehead atoms. The number of halogens is 3. The fourth-order valence-corrected chi connectivity index (χ4v) is 7.86. The van der Waals surface area contributed by atoms with Gasteiger partial charge in [-0.1, -0.05) is 0 Å². The van der Waals surface area contributed by atoms with E-state index in [1.165, 1.54) is 12.6 Å². The fraction of sp³-hybridized carbons (Fsp3) is 0.727. The molecule has 2 aromatic rings. The van der Waals surface area contributed by atoms with Crippen molar-refractivity contribution in [3.05, 3.63) is 17.3 Å². The van der Waals surface area contributed by atoms with Crippen molar-refractivity contribution in [2.75, 3.05) is 24.2 Å². The van der Waals surface area contributed by atoms with Gasteiger partial charge in [0.15, 0.2) is 0 Å². The summed E-state index contributed by atoms with van der Waals surface area (Å²) in [4.78, 5) is 11.7. The number of aromatic nitrogens is 2. The van der Waals surface area contributed by atoms with Crippen LogP contribution in [0.4, 0.5) is 19.0 Å².